The predicted molar refractivity (Wildman–Crippen MR) is 282 cm³/mol. The van der Waals surface area contributed by atoms with Gasteiger partial charge < -0.3 is 90.7 Å². The highest BCUT2D eigenvalue weighted by Crippen LogP contribution is 2.16. The van der Waals surface area contributed by atoms with E-state index in [4.69, 9.17) is 62.1 Å². The molecule has 0 aromatic heterocycles. The van der Waals surface area contributed by atoms with Gasteiger partial charge in [-0.2, -0.15) is 10.5 Å². The highest BCUT2D eigenvalue weighted by molar-refractivity contribution is 5.72. The largest absolute Gasteiger partial charge is 0.480 e. The molecule has 22 nitrogen and oxygen atoms in total. The molecule has 2 heterocycles. The predicted octanol–water partition coefficient (Wildman–Crippen LogP) is -0.769. The number of ether oxygens (including phenoxy) is 2. The zero-order chi connectivity index (χ0) is 55.8. The van der Waals surface area contributed by atoms with E-state index in [0.717, 1.165) is 19.5 Å². The Hall–Kier alpha value is -2.56. The first kappa shape index (κ1) is 83.3. The van der Waals surface area contributed by atoms with Gasteiger partial charge in [0.15, 0.2) is 12.2 Å². The highest BCUT2D eigenvalue weighted by atomic mass is 16.6. The van der Waals surface area contributed by atoms with Gasteiger partial charge in [-0.15, -0.1) is 0 Å². The van der Waals surface area contributed by atoms with Crippen LogP contribution in [0.5, 0.6) is 0 Å². The maximum absolute atomic E-state index is 9.90. The first-order chi connectivity index (χ1) is 31.0. The number of nitrogens with two attached hydrogens (primary N) is 2. The summed E-state index contributed by atoms with van der Waals surface area (Å²) in [5.74, 6) is -0.963. The van der Waals surface area contributed by atoms with Gasteiger partial charge >= 0.3 is 5.97 Å². The molecule has 0 amide bonds. The number of aliphatic hydroxyl groups excluding tert-OH is 5. The van der Waals surface area contributed by atoms with E-state index in [2.05, 4.69) is 57.2 Å². The third-order valence-corrected chi connectivity index (χ3v) is 10.6. The summed E-state index contributed by atoms with van der Waals surface area (Å²) in [6, 6.07) is 4.25. The van der Waals surface area contributed by atoms with Crippen LogP contribution in [-0.2, 0) is 19.1 Å². The molecule has 3 unspecified atom stereocenters. The number of likely N-dealkylation sites (N-methyl/N-ethyl adjacent to an activating group) is 8. The first-order valence-electron chi connectivity index (χ1n) is 22.8. The number of aliphatic hydroxyl groups is 5. The second-order valence-corrected chi connectivity index (χ2v) is 18.3. The molecule has 2 aliphatic heterocycles. The average molecular weight is 1000 g/mol. The number of carbonyl (C=O) groups excluding carboxylic acids is 1. The lowest BCUT2D eigenvalue weighted by Gasteiger charge is -2.24. The van der Waals surface area contributed by atoms with Crippen molar-refractivity contribution in [1.82, 2.24) is 39.6 Å². The Labute approximate surface area is 421 Å². The van der Waals surface area contributed by atoms with Crippen LogP contribution in [0, 0.1) is 22.7 Å². The maximum Gasteiger partial charge on any atom is 0.320 e. The molecule has 2 aliphatic rings. The molecule has 2 rings (SSSR count). The minimum atomic E-state index is -0.963. The number of carboxylic acid groups (broad SMARTS) is 1. The van der Waals surface area contributed by atoms with Gasteiger partial charge in [-0.1, -0.05) is 7.43 Å². The van der Waals surface area contributed by atoms with E-state index in [1.807, 2.05) is 106 Å². The van der Waals surface area contributed by atoms with Gasteiger partial charge in [0, 0.05) is 42.3 Å². The second kappa shape index (κ2) is 50.4. The van der Waals surface area contributed by atoms with Crippen molar-refractivity contribution in [1.29, 1.82) is 10.5 Å². The summed E-state index contributed by atoms with van der Waals surface area (Å²) in [7, 11) is 28.9. The van der Waals surface area contributed by atoms with Crippen molar-refractivity contribution in [2.75, 3.05) is 132 Å². The zero-order valence-corrected chi connectivity index (χ0v) is 47.0. The smallest absolute Gasteiger partial charge is 0.320 e. The summed E-state index contributed by atoms with van der Waals surface area (Å²) in [5.41, 5.74) is 9.88. The van der Waals surface area contributed by atoms with Crippen molar-refractivity contribution in [3.05, 3.63) is 0 Å². The van der Waals surface area contributed by atoms with Crippen LogP contribution in [0.15, 0.2) is 0 Å². The Bertz CT molecular complexity index is 1160. The van der Waals surface area contributed by atoms with E-state index in [1.165, 1.54) is 6.92 Å². The Balaban J connectivity index is -0.000000101. The van der Waals surface area contributed by atoms with Crippen LogP contribution in [0.2, 0.25) is 0 Å². The minimum absolute atomic E-state index is 0. The van der Waals surface area contributed by atoms with Crippen molar-refractivity contribution in [3.8, 4) is 12.1 Å². The number of nitrogens with one attached hydrogen (secondary N) is 1. The third-order valence-electron chi connectivity index (χ3n) is 10.6. The van der Waals surface area contributed by atoms with Crippen molar-refractivity contribution >= 4 is 12.3 Å². The van der Waals surface area contributed by atoms with Gasteiger partial charge in [0.25, 0.3) is 0 Å². The number of rotatable bonds is 17. The number of hydrogen-bond donors (Lipinski definition) is 9. The van der Waals surface area contributed by atoms with Gasteiger partial charge in [0.05, 0.1) is 56.8 Å². The van der Waals surface area contributed by atoms with E-state index >= 15 is 0 Å². The van der Waals surface area contributed by atoms with Crippen LogP contribution in [0.4, 0.5) is 0 Å². The van der Waals surface area contributed by atoms with Crippen molar-refractivity contribution < 1.29 is 49.7 Å². The average Bonchev–Trinajstić information content (AvgIpc) is 4.23. The Kier molecular flexibility index (Phi) is 60.8. The summed E-state index contributed by atoms with van der Waals surface area (Å²) >= 11 is 0. The van der Waals surface area contributed by atoms with Crippen LogP contribution in [0.1, 0.15) is 69.7 Å². The molecule has 69 heavy (non-hydrogen) atoms. The molecule has 418 valence electrons. The van der Waals surface area contributed by atoms with E-state index in [9.17, 15) is 9.59 Å². The lowest BCUT2D eigenvalue weighted by molar-refractivity contribution is -0.138. The fourth-order valence-electron chi connectivity index (χ4n) is 2.92. The number of nitrogens with zero attached hydrogens (tertiary/aromatic N) is 9. The maximum atomic E-state index is 9.90. The molecule has 11 N–H and O–H groups in total. The Morgan fingerprint density at radius 2 is 0.899 bits per heavy atom. The number of hydrogen-bond acceptors (Lipinski definition) is 21. The zero-order valence-electron chi connectivity index (χ0n) is 47.0. The summed E-state index contributed by atoms with van der Waals surface area (Å²) in [6.07, 6.45) is -0.227. The monoisotopic (exact) mass is 1000 g/mol. The lowest BCUT2D eigenvalue weighted by atomic mass is 10.2. The van der Waals surface area contributed by atoms with Gasteiger partial charge in [-0.25, -0.2) is 0 Å². The normalized spacial score (nSPS) is 19.1. The van der Waals surface area contributed by atoms with Gasteiger partial charge in [0.1, 0.15) is 18.6 Å². The molecule has 0 spiro atoms. The van der Waals surface area contributed by atoms with E-state index < -0.39 is 30.4 Å². The van der Waals surface area contributed by atoms with Crippen LogP contribution in [0.3, 0.4) is 0 Å². The van der Waals surface area contributed by atoms with Crippen LogP contribution >= 0.6 is 0 Å². The quantitative estimate of drug-likeness (QED) is 0.0374. The Morgan fingerprint density at radius 1 is 0.623 bits per heavy atom. The standard InChI is InChI=1S/C6H16N2O.2C6H12N2O.2C6H13NO.C5H13NO.C5H11NO.C3H7NO2.C3H9NO.CH4/c1-5(8(3)4)6(9)7-2;2*1-5(8(2)3)6(9)4-7;2*1-5(7(2)3)6-4-8-6;2*1-5(4-7)6(2)3;1-2(4)3(5)6;1-3(4)2-5;/h5-7,9H,1-4H3;2*5-6,9H,1-3H3;2*5-6H,4H2,1-3H3;5,7H,4H2,1-3H3;4-5H,1-3H3;2H,4H2,1H3,(H,5,6);3,5H,2,4H2,1H3;1H4/t3*5-,6?;5-,6+;5-,6-;2*5-;2-;3-;/m000000000./s1. The first-order valence-corrected chi connectivity index (χ1v) is 22.8. The number of epoxide rings is 2. The molecule has 0 radical (unpaired) electrons. The van der Waals surface area contributed by atoms with Crippen molar-refractivity contribution in [2.24, 2.45) is 11.5 Å². The van der Waals surface area contributed by atoms with E-state index in [-0.39, 0.29) is 50.8 Å². The summed E-state index contributed by atoms with van der Waals surface area (Å²) < 4.78 is 10.2. The highest BCUT2D eigenvalue weighted by Gasteiger charge is 2.31. The summed E-state index contributed by atoms with van der Waals surface area (Å²) in [6.45, 7) is 19.2. The molecule has 0 aromatic carbocycles. The lowest BCUT2D eigenvalue weighted by Crippen LogP contribution is -2.43. The molecular formula is C47H110N12O10. The Morgan fingerprint density at radius 3 is 0.942 bits per heavy atom. The topological polar surface area (TPSA) is 315 Å². The fraction of sp³-hybridized carbons (Fsp3) is 0.915. The number of carbonyl (C=O) groups is 2. The van der Waals surface area contributed by atoms with Gasteiger partial charge in [-0.05, 0) is 168 Å². The molecule has 0 bridgehead atoms. The van der Waals surface area contributed by atoms with Crippen molar-refractivity contribution in [3.63, 3.8) is 0 Å². The van der Waals surface area contributed by atoms with Gasteiger partial charge in [-0.3, -0.25) is 10.1 Å². The molecule has 2 saturated heterocycles. The fourth-order valence-corrected chi connectivity index (χ4v) is 2.92. The molecule has 0 aliphatic carbocycles. The summed E-state index contributed by atoms with van der Waals surface area (Å²) in [5, 5.41) is 70.5. The second-order valence-electron chi connectivity index (χ2n) is 18.3. The molecule has 0 aromatic rings. The molecule has 2 fully saturated rings. The van der Waals surface area contributed by atoms with Gasteiger partial charge in [0.2, 0.25) is 0 Å². The van der Waals surface area contributed by atoms with Crippen LogP contribution < -0.4 is 16.8 Å². The van der Waals surface area contributed by atoms with E-state index in [1.54, 1.807) is 49.8 Å². The molecule has 14 atom stereocenters. The molecule has 0 saturated carbocycles. The number of carboxylic acids is 1. The molecular weight excluding hydrogens is 893 g/mol. The molecule has 22 heteroatoms. The minimum Gasteiger partial charge on any atom is -0.480 e. The SMILES string of the molecule is C.CNC(O)[C@H](C)N(C)C.C[C@@H](C(O)C#N)N(C)C.C[C@@H](C(O)C#N)N(C)C.C[C@@H](C=O)N(C)C.C[C@@H](CO)N(C)C.C[C@@H]([C@@H]1CO1)N(C)C.C[C@@H]([C@H]1CO1)N(C)C.C[C@H](N)C(=O)O.C[C@H](N)CO. The summed E-state index contributed by atoms with van der Waals surface area (Å²) in [4.78, 5) is 33.2. The number of aliphatic carboxylic acids is 1. The van der Waals surface area contributed by atoms with Crippen LogP contribution in [0.25, 0.3) is 0 Å². The van der Waals surface area contributed by atoms with E-state index in [0.29, 0.717) is 30.3 Å². The van der Waals surface area contributed by atoms with Crippen molar-refractivity contribution in [2.45, 2.75) is 155 Å². The van der Waals surface area contributed by atoms with Crippen LogP contribution in [-0.4, -0.2) is 294 Å². The third kappa shape index (κ3) is 57.9. The number of nitriles is 2. The number of aldehydes is 1.